The summed E-state index contributed by atoms with van der Waals surface area (Å²) in [7, 11) is -3.48. The Hall–Kier alpha value is -2.78. The second-order valence-electron chi connectivity index (χ2n) is 5.19. The van der Waals surface area contributed by atoms with Gasteiger partial charge in [-0.1, -0.05) is 11.2 Å². The van der Waals surface area contributed by atoms with E-state index < -0.39 is 9.84 Å². The first-order valence-corrected chi connectivity index (χ1v) is 9.72. The molecule has 2 heterocycles. The average molecular weight is 373 g/mol. The molecule has 0 saturated carbocycles. The van der Waals surface area contributed by atoms with E-state index >= 15 is 0 Å². The van der Waals surface area contributed by atoms with Crippen LogP contribution in [-0.4, -0.2) is 23.6 Å². The molecule has 0 aliphatic rings. The van der Waals surface area contributed by atoms with Gasteiger partial charge in [-0.05, 0) is 42.0 Å². The zero-order chi connectivity index (χ0) is 17.3. The van der Waals surface area contributed by atoms with Crippen molar-refractivity contribution in [2.75, 3.05) is 0 Å². The molecule has 4 aromatic rings. The van der Waals surface area contributed by atoms with Gasteiger partial charge in [-0.15, -0.1) is 16.4 Å². The number of thiazole rings is 1. The van der Waals surface area contributed by atoms with Gasteiger partial charge in [0.25, 0.3) is 0 Å². The third-order valence-electron chi connectivity index (χ3n) is 3.48. The molecule has 0 N–H and O–H groups in total. The minimum Gasteiger partial charge on any atom is -0.410 e. The molecular weight excluding hydrogens is 362 g/mol. The second-order valence-corrected chi connectivity index (χ2v) is 8.07. The summed E-state index contributed by atoms with van der Waals surface area (Å²) < 4.78 is 36.4. The monoisotopic (exact) mass is 373 g/mol. The topological polar surface area (TPSA) is 95.2 Å². The van der Waals surface area contributed by atoms with Crippen LogP contribution in [0, 0.1) is 0 Å². The predicted molar refractivity (Wildman–Crippen MR) is 91.3 cm³/mol. The number of fused-ring (bicyclic) bond motifs is 1. The maximum atomic E-state index is 12.6. The summed E-state index contributed by atoms with van der Waals surface area (Å²) in [6, 6.07) is 11.6. The van der Waals surface area contributed by atoms with Crippen LogP contribution in [0.1, 0.15) is 5.56 Å². The van der Waals surface area contributed by atoms with E-state index in [1.807, 2.05) is 12.1 Å². The van der Waals surface area contributed by atoms with Gasteiger partial charge >= 0.3 is 6.08 Å². The Labute approximate surface area is 146 Å². The van der Waals surface area contributed by atoms with Crippen LogP contribution in [0.5, 0.6) is 11.8 Å². The maximum Gasteiger partial charge on any atom is 0.420 e. The van der Waals surface area contributed by atoms with Crippen molar-refractivity contribution in [2.45, 2.75) is 10.6 Å². The summed E-state index contributed by atoms with van der Waals surface area (Å²) in [4.78, 5) is 4.43. The summed E-state index contributed by atoms with van der Waals surface area (Å²) in [6.07, 6.45) is 1.14. The van der Waals surface area contributed by atoms with Crippen LogP contribution in [0.3, 0.4) is 0 Å². The summed E-state index contributed by atoms with van der Waals surface area (Å²) in [5.74, 6) is 0.316. The first-order valence-electron chi connectivity index (χ1n) is 7.19. The molecule has 7 nitrogen and oxygen atoms in total. The van der Waals surface area contributed by atoms with Gasteiger partial charge in [-0.2, -0.15) is 0 Å². The van der Waals surface area contributed by atoms with Crippen LogP contribution < -0.4 is 4.74 Å². The molecule has 2 aromatic carbocycles. The van der Waals surface area contributed by atoms with E-state index in [1.54, 1.807) is 23.7 Å². The lowest BCUT2D eigenvalue weighted by Crippen LogP contribution is -2.04. The average Bonchev–Trinajstić information content (AvgIpc) is 3.26. The van der Waals surface area contributed by atoms with Crippen molar-refractivity contribution in [3.63, 3.8) is 0 Å². The predicted octanol–water partition coefficient (Wildman–Crippen LogP) is 3.45. The van der Waals surface area contributed by atoms with E-state index in [4.69, 9.17) is 9.15 Å². The molecular formula is C16H11N3O4S2. The molecule has 0 radical (unpaired) electrons. The molecule has 0 bridgehead atoms. The van der Waals surface area contributed by atoms with E-state index in [0.717, 1.165) is 16.6 Å². The molecule has 9 heteroatoms. The van der Waals surface area contributed by atoms with Crippen LogP contribution in [0.2, 0.25) is 0 Å². The van der Waals surface area contributed by atoms with E-state index in [-0.39, 0.29) is 16.7 Å². The minimum absolute atomic E-state index is 0.00725. The number of hydrogen-bond acceptors (Lipinski definition) is 8. The van der Waals surface area contributed by atoms with Gasteiger partial charge in [0.2, 0.25) is 6.39 Å². The zero-order valence-corrected chi connectivity index (χ0v) is 14.3. The van der Waals surface area contributed by atoms with Gasteiger partial charge in [0, 0.05) is 0 Å². The normalized spacial score (nSPS) is 11.7. The molecule has 4 rings (SSSR count). The third kappa shape index (κ3) is 3.37. The van der Waals surface area contributed by atoms with Crippen molar-refractivity contribution in [1.29, 1.82) is 0 Å². The molecule has 25 heavy (non-hydrogen) atoms. The first kappa shape index (κ1) is 15.7. The van der Waals surface area contributed by atoms with Crippen molar-refractivity contribution in [3.05, 3.63) is 59.9 Å². The Morgan fingerprint density at radius 1 is 1.12 bits per heavy atom. The van der Waals surface area contributed by atoms with Gasteiger partial charge in [0.15, 0.2) is 9.84 Å². The summed E-state index contributed by atoms with van der Waals surface area (Å²) in [5, 5.41) is 7.09. The lowest BCUT2D eigenvalue weighted by atomic mass is 10.2. The van der Waals surface area contributed by atoms with E-state index in [9.17, 15) is 8.42 Å². The molecule has 0 aliphatic heterocycles. The van der Waals surface area contributed by atoms with Crippen LogP contribution >= 0.6 is 11.3 Å². The Morgan fingerprint density at radius 2 is 1.96 bits per heavy atom. The molecule has 0 atom stereocenters. The van der Waals surface area contributed by atoms with E-state index in [1.165, 1.54) is 23.5 Å². The quantitative estimate of drug-likeness (QED) is 0.529. The van der Waals surface area contributed by atoms with E-state index in [0.29, 0.717) is 11.3 Å². The number of ether oxygens (including phenoxy) is 1. The van der Waals surface area contributed by atoms with Gasteiger partial charge < -0.3 is 9.15 Å². The Kier molecular flexibility index (Phi) is 3.94. The molecule has 0 spiro atoms. The zero-order valence-electron chi connectivity index (χ0n) is 12.7. The Bertz CT molecular complexity index is 1100. The van der Waals surface area contributed by atoms with Crippen molar-refractivity contribution >= 4 is 31.4 Å². The largest absolute Gasteiger partial charge is 0.420 e. The third-order valence-corrected chi connectivity index (χ3v) is 5.99. The van der Waals surface area contributed by atoms with E-state index in [2.05, 4.69) is 15.2 Å². The van der Waals surface area contributed by atoms with Crippen LogP contribution in [0.15, 0.2) is 63.7 Å². The maximum absolute atomic E-state index is 12.6. The van der Waals surface area contributed by atoms with Gasteiger partial charge in [-0.25, -0.2) is 13.4 Å². The van der Waals surface area contributed by atoms with Crippen molar-refractivity contribution in [1.82, 2.24) is 15.2 Å². The van der Waals surface area contributed by atoms with Crippen molar-refractivity contribution in [3.8, 4) is 11.8 Å². The number of benzene rings is 2. The lowest BCUT2D eigenvalue weighted by molar-refractivity contribution is 0.330. The van der Waals surface area contributed by atoms with Gasteiger partial charge in [0.05, 0.1) is 26.4 Å². The lowest BCUT2D eigenvalue weighted by Gasteiger charge is -2.06. The summed E-state index contributed by atoms with van der Waals surface area (Å²) in [6.45, 7) is 0. The Balaban J connectivity index is 1.54. The molecule has 0 unspecified atom stereocenters. The fraction of sp³-hybridized carbons (Fsp3) is 0.0625. The minimum atomic E-state index is -3.48. The first-order chi connectivity index (χ1) is 12.1. The fourth-order valence-corrected chi connectivity index (χ4v) is 4.31. The highest BCUT2D eigenvalue weighted by molar-refractivity contribution is 7.90. The summed E-state index contributed by atoms with van der Waals surface area (Å²) >= 11 is 1.52. The number of nitrogens with zero attached hydrogens (tertiary/aromatic N) is 3. The number of hydrogen-bond donors (Lipinski definition) is 0. The second kappa shape index (κ2) is 6.26. The SMILES string of the molecule is O=S(=O)(Cc1ccc2scnc2c1)c1ccc(Oc2nnco2)cc1. The molecule has 126 valence electrons. The van der Waals surface area contributed by atoms with Crippen LogP contribution in [-0.2, 0) is 15.6 Å². The van der Waals surface area contributed by atoms with Crippen molar-refractivity contribution in [2.24, 2.45) is 0 Å². The van der Waals surface area contributed by atoms with Gasteiger partial charge in [0.1, 0.15) is 5.75 Å². The molecule has 0 amide bonds. The number of aromatic nitrogens is 3. The fourth-order valence-electron chi connectivity index (χ4n) is 2.32. The highest BCUT2D eigenvalue weighted by atomic mass is 32.2. The van der Waals surface area contributed by atoms with Crippen LogP contribution in [0.25, 0.3) is 10.2 Å². The van der Waals surface area contributed by atoms with Gasteiger partial charge in [-0.3, -0.25) is 0 Å². The number of rotatable bonds is 5. The highest BCUT2D eigenvalue weighted by Crippen LogP contribution is 2.25. The Morgan fingerprint density at radius 3 is 2.72 bits per heavy atom. The van der Waals surface area contributed by atoms with Crippen LogP contribution in [0.4, 0.5) is 0 Å². The molecule has 2 aromatic heterocycles. The molecule has 0 aliphatic carbocycles. The molecule has 0 fully saturated rings. The highest BCUT2D eigenvalue weighted by Gasteiger charge is 2.16. The smallest absolute Gasteiger partial charge is 0.410 e. The standard InChI is InChI=1S/C16H11N3O4S2/c20-25(21,8-11-1-6-15-14(7-11)17-10-24-15)13-4-2-12(3-5-13)23-16-19-18-9-22-16/h1-7,9-10H,8H2. The van der Waals surface area contributed by atoms with Crippen molar-refractivity contribution < 1.29 is 17.6 Å². The molecule has 0 saturated heterocycles. The number of sulfone groups is 1. The summed E-state index contributed by atoms with van der Waals surface area (Å²) in [5.41, 5.74) is 3.25.